The summed E-state index contributed by atoms with van der Waals surface area (Å²) in [7, 11) is 4.00. The standard InChI is InChI=1S/C8H17N3/c1-10-6-4-8-11(2)7-3-5-9/h10H,3-4,6-8H2,1-2H3. The summed E-state index contributed by atoms with van der Waals surface area (Å²) >= 11 is 0. The maximum atomic E-state index is 8.30. The Morgan fingerprint density at radius 1 is 1.45 bits per heavy atom. The van der Waals surface area contributed by atoms with E-state index in [9.17, 15) is 0 Å². The monoisotopic (exact) mass is 155 g/mol. The van der Waals surface area contributed by atoms with E-state index >= 15 is 0 Å². The number of hydrogen-bond donors (Lipinski definition) is 1. The van der Waals surface area contributed by atoms with E-state index in [2.05, 4.69) is 16.3 Å². The minimum absolute atomic E-state index is 0.635. The first-order valence-corrected chi connectivity index (χ1v) is 4.01. The lowest BCUT2D eigenvalue weighted by atomic mass is 10.3. The largest absolute Gasteiger partial charge is 0.320 e. The highest BCUT2D eigenvalue weighted by molar-refractivity contribution is 4.70. The average Bonchev–Trinajstić information content (AvgIpc) is 2.01. The molecule has 0 bridgehead atoms. The molecule has 1 N–H and O–H groups in total. The average molecular weight is 155 g/mol. The molecule has 0 amide bonds. The van der Waals surface area contributed by atoms with Crippen molar-refractivity contribution in [2.75, 3.05) is 33.7 Å². The Kier molecular flexibility index (Phi) is 7.11. The Morgan fingerprint density at radius 3 is 2.73 bits per heavy atom. The van der Waals surface area contributed by atoms with Crippen LogP contribution in [0.1, 0.15) is 12.8 Å². The number of nitriles is 1. The van der Waals surface area contributed by atoms with E-state index in [1.807, 2.05) is 14.1 Å². The predicted molar refractivity (Wildman–Crippen MR) is 46.3 cm³/mol. The molecule has 0 unspecified atom stereocenters. The second kappa shape index (κ2) is 7.52. The third kappa shape index (κ3) is 7.31. The van der Waals surface area contributed by atoms with Gasteiger partial charge >= 0.3 is 0 Å². The molecule has 0 radical (unpaired) electrons. The maximum Gasteiger partial charge on any atom is 0.0635 e. The van der Waals surface area contributed by atoms with Crippen LogP contribution in [0.15, 0.2) is 0 Å². The quantitative estimate of drug-likeness (QED) is 0.566. The van der Waals surface area contributed by atoms with Crippen molar-refractivity contribution >= 4 is 0 Å². The van der Waals surface area contributed by atoms with Gasteiger partial charge in [-0.05, 0) is 33.6 Å². The zero-order chi connectivity index (χ0) is 8.53. The van der Waals surface area contributed by atoms with Crippen LogP contribution in [0.4, 0.5) is 0 Å². The summed E-state index contributed by atoms with van der Waals surface area (Å²) < 4.78 is 0. The van der Waals surface area contributed by atoms with Crippen molar-refractivity contribution in [2.45, 2.75) is 12.8 Å². The van der Waals surface area contributed by atoms with Crippen molar-refractivity contribution in [2.24, 2.45) is 0 Å². The van der Waals surface area contributed by atoms with Crippen molar-refractivity contribution in [3.63, 3.8) is 0 Å². The van der Waals surface area contributed by atoms with Crippen molar-refractivity contribution in [1.82, 2.24) is 10.2 Å². The maximum absolute atomic E-state index is 8.30. The SMILES string of the molecule is CNCCCN(C)CCC#N. The van der Waals surface area contributed by atoms with E-state index in [1.54, 1.807) is 0 Å². The fourth-order valence-electron chi connectivity index (χ4n) is 0.878. The Bertz CT molecular complexity index is 117. The molecule has 0 rings (SSSR count). The third-order valence-corrected chi connectivity index (χ3v) is 1.57. The van der Waals surface area contributed by atoms with Gasteiger partial charge < -0.3 is 10.2 Å². The van der Waals surface area contributed by atoms with Gasteiger partial charge in [-0.1, -0.05) is 0 Å². The van der Waals surface area contributed by atoms with E-state index in [4.69, 9.17) is 5.26 Å². The van der Waals surface area contributed by atoms with Crippen molar-refractivity contribution < 1.29 is 0 Å². The molecule has 0 atom stereocenters. The van der Waals surface area contributed by atoms with Gasteiger partial charge in [0.15, 0.2) is 0 Å². The van der Waals surface area contributed by atoms with Crippen LogP contribution in [0.2, 0.25) is 0 Å². The first-order chi connectivity index (χ1) is 5.31. The minimum Gasteiger partial charge on any atom is -0.320 e. The van der Waals surface area contributed by atoms with E-state index in [1.165, 1.54) is 0 Å². The van der Waals surface area contributed by atoms with Gasteiger partial charge in [0, 0.05) is 13.0 Å². The molecular weight excluding hydrogens is 138 g/mol. The molecule has 0 aromatic rings. The summed E-state index contributed by atoms with van der Waals surface area (Å²) in [4.78, 5) is 2.18. The summed E-state index contributed by atoms with van der Waals surface area (Å²) in [6.45, 7) is 3.01. The zero-order valence-electron chi connectivity index (χ0n) is 7.43. The Morgan fingerprint density at radius 2 is 2.18 bits per heavy atom. The van der Waals surface area contributed by atoms with Crippen LogP contribution in [0.3, 0.4) is 0 Å². The van der Waals surface area contributed by atoms with Crippen LogP contribution in [-0.4, -0.2) is 38.6 Å². The Labute approximate surface area is 69.0 Å². The first kappa shape index (κ1) is 10.4. The second-order valence-corrected chi connectivity index (χ2v) is 2.67. The molecule has 0 spiro atoms. The summed E-state index contributed by atoms with van der Waals surface area (Å²) in [5, 5.41) is 11.4. The van der Waals surface area contributed by atoms with Crippen LogP contribution >= 0.6 is 0 Å². The Hall–Kier alpha value is -0.590. The van der Waals surface area contributed by atoms with Crippen LogP contribution in [-0.2, 0) is 0 Å². The predicted octanol–water partition coefficient (Wildman–Crippen LogP) is 0.441. The highest BCUT2D eigenvalue weighted by atomic mass is 15.1. The number of hydrogen-bond acceptors (Lipinski definition) is 3. The van der Waals surface area contributed by atoms with Gasteiger partial charge in [0.1, 0.15) is 0 Å². The van der Waals surface area contributed by atoms with E-state index < -0.39 is 0 Å². The van der Waals surface area contributed by atoms with Crippen molar-refractivity contribution in [3.8, 4) is 6.07 Å². The topological polar surface area (TPSA) is 39.1 Å². The molecule has 0 heterocycles. The van der Waals surface area contributed by atoms with E-state index in [-0.39, 0.29) is 0 Å². The van der Waals surface area contributed by atoms with Gasteiger partial charge in [-0.2, -0.15) is 5.26 Å². The van der Waals surface area contributed by atoms with Crippen molar-refractivity contribution in [1.29, 1.82) is 5.26 Å². The molecular formula is C8H17N3. The third-order valence-electron chi connectivity index (χ3n) is 1.57. The highest BCUT2D eigenvalue weighted by Crippen LogP contribution is 1.87. The summed E-state index contributed by atoms with van der Waals surface area (Å²) in [6, 6.07) is 2.13. The molecule has 64 valence electrons. The molecule has 0 saturated carbocycles. The number of nitrogens with zero attached hydrogens (tertiary/aromatic N) is 2. The highest BCUT2D eigenvalue weighted by Gasteiger charge is 1.95. The van der Waals surface area contributed by atoms with Gasteiger partial charge in [-0.3, -0.25) is 0 Å². The molecule has 0 fully saturated rings. The molecule has 3 heteroatoms. The van der Waals surface area contributed by atoms with Crippen LogP contribution in [0, 0.1) is 11.3 Å². The molecule has 0 aliphatic heterocycles. The molecule has 3 nitrogen and oxygen atoms in total. The first-order valence-electron chi connectivity index (χ1n) is 4.01. The molecule has 0 aliphatic rings. The van der Waals surface area contributed by atoms with Gasteiger partial charge in [0.2, 0.25) is 0 Å². The molecule has 11 heavy (non-hydrogen) atoms. The van der Waals surface area contributed by atoms with Crippen molar-refractivity contribution in [3.05, 3.63) is 0 Å². The second-order valence-electron chi connectivity index (χ2n) is 2.67. The fourth-order valence-corrected chi connectivity index (χ4v) is 0.878. The van der Waals surface area contributed by atoms with Gasteiger partial charge in [0.05, 0.1) is 6.07 Å². The molecule has 0 aliphatic carbocycles. The van der Waals surface area contributed by atoms with Crippen LogP contribution < -0.4 is 5.32 Å². The van der Waals surface area contributed by atoms with Gasteiger partial charge in [-0.25, -0.2) is 0 Å². The van der Waals surface area contributed by atoms with E-state index in [0.717, 1.165) is 26.1 Å². The van der Waals surface area contributed by atoms with Gasteiger partial charge in [0.25, 0.3) is 0 Å². The summed E-state index contributed by atoms with van der Waals surface area (Å²) in [5.74, 6) is 0. The molecule has 0 aromatic carbocycles. The van der Waals surface area contributed by atoms with E-state index in [0.29, 0.717) is 6.42 Å². The lowest BCUT2D eigenvalue weighted by Gasteiger charge is -2.13. The van der Waals surface area contributed by atoms with Gasteiger partial charge in [-0.15, -0.1) is 0 Å². The molecule has 0 aromatic heterocycles. The zero-order valence-corrected chi connectivity index (χ0v) is 7.43. The summed E-state index contributed by atoms with van der Waals surface area (Å²) in [6.07, 6.45) is 1.79. The summed E-state index contributed by atoms with van der Waals surface area (Å²) in [5.41, 5.74) is 0. The minimum atomic E-state index is 0.635. The van der Waals surface area contributed by atoms with Crippen LogP contribution in [0.25, 0.3) is 0 Å². The lowest BCUT2D eigenvalue weighted by Crippen LogP contribution is -2.23. The van der Waals surface area contributed by atoms with Crippen LogP contribution in [0.5, 0.6) is 0 Å². The number of nitrogens with one attached hydrogen (secondary N) is 1. The lowest BCUT2D eigenvalue weighted by molar-refractivity contribution is 0.336. The smallest absolute Gasteiger partial charge is 0.0635 e. The Balaban J connectivity index is 3.10. The normalized spacial score (nSPS) is 10.0. The fraction of sp³-hybridized carbons (Fsp3) is 0.875. The number of rotatable bonds is 6. The molecule has 0 saturated heterocycles.